The van der Waals surface area contributed by atoms with Crippen molar-refractivity contribution in [3.63, 3.8) is 0 Å². The number of nitrogens with one attached hydrogen (secondary N) is 1. The van der Waals surface area contributed by atoms with E-state index in [4.69, 9.17) is 0 Å². The Balaban J connectivity index is 1.62. The Bertz CT molecular complexity index is 615. The number of hydrogen-bond acceptors (Lipinski definition) is 3. The highest BCUT2D eigenvalue weighted by Gasteiger charge is 2.20. The molecule has 1 aromatic carbocycles. The van der Waals surface area contributed by atoms with Crippen molar-refractivity contribution in [3.05, 3.63) is 48.0 Å². The summed E-state index contributed by atoms with van der Waals surface area (Å²) in [5, 5.41) is 7.26. The smallest absolute Gasteiger partial charge is 0.251 e. The van der Waals surface area contributed by atoms with Crippen LogP contribution in [0.1, 0.15) is 48.5 Å². The number of rotatable bonds is 4. The van der Waals surface area contributed by atoms with E-state index in [0.717, 1.165) is 29.9 Å². The molecule has 1 aliphatic rings. The van der Waals surface area contributed by atoms with Crippen molar-refractivity contribution in [2.45, 2.75) is 45.2 Å². The summed E-state index contributed by atoms with van der Waals surface area (Å²) in [5.41, 5.74) is 1.77. The second-order valence-electron chi connectivity index (χ2n) is 6.22. The highest BCUT2D eigenvalue weighted by atomic mass is 16.1. The van der Waals surface area contributed by atoms with Crippen molar-refractivity contribution in [2.24, 2.45) is 5.92 Å². The number of amides is 1. The molecule has 1 fully saturated rings. The van der Waals surface area contributed by atoms with Crippen LogP contribution in [0.2, 0.25) is 0 Å². The van der Waals surface area contributed by atoms with Crippen LogP contribution in [0.25, 0.3) is 0 Å². The van der Waals surface area contributed by atoms with Crippen LogP contribution in [-0.4, -0.2) is 26.7 Å². The zero-order valence-electron chi connectivity index (χ0n) is 12.9. The molecule has 1 N–H and O–H groups in total. The first kappa shape index (κ1) is 14.8. The molecule has 0 bridgehead atoms. The van der Waals surface area contributed by atoms with E-state index in [2.05, 4.69) is 22.3 Å². The van der Waals surface area contributed by atoms with Gasteiger partial charge in [0.2, 0.25) is 0 Å². The molecule has 0 saturated heterocycles. The van der Waals surface area contributed by atoms with Gasteiger partial charge in [0, 0.05) is 11.6 Å². The quantitative estimate of drug-likeness (QED) is 0.944. The van der Waals surface area contributed by atoms with Crippen molar-refractivity contribution in [1.29, 1.82) is 0 Å². The largest absolute Gasteiger partial charge is 0.349 e. The fraction of sp³-hybridized carbons (Fsp3) is 0.471. The lowest BCUT2D eigenvalue weighted by molar-refractivity contribution is 0.0923. The summed E-state index contributed by atoms with van der Waals surface area (Å²) in [5.74, 6) is 0.819. The number of nitrogens with zero attached hydrogens (tertiary/aromatic N) is 3. The van der Waals surface area contributed by atoms with Crippen molar-refractivity contribution in [3.8, 4) is 0 Å². The fourth-order valence-electron chi connectivity index (χ4n) is 2.99. The zero-order valence-corrected chi connectivity index (χ0v) is 12.9. The molecule has 22 heavy (non-hydrogen) atoms. The number of carbonyl (C=O) groups is 1. The standard InChI is InChI=1S/C17H22N4O/c1-13-5-7-16(8-6-13)20-17(22)15-4-2-3-14(9-15)10-21-12-18-11-19-21/h2-4,9,11-13,16H,5-8,10H2,1H3,(H,20,22). The van der Waals surface area contributed by atoms with Crippen molar-refractivity contribution >= 4 is 5.91 Å². The third-order valence-corrected chi connectivity index (χ3v) is 4.35. The Morgan fingerprint density at radius 1 is 1.32 bits per heavy atom. The third kappa shape index (κ3) is 3.72. The van der Waals surface area contributed by atoms with Crippen LogP contribution in [0.5, 0.6) is 0 Å². The number of aromatic nitrogens is 3. The van der Waals surface area contributed by atoms with Gasteiger partial charge >= 0.3 is 0 Å². The molecule has 0 atom stereocenters. The van der Waals surface area contributed by atoms with Gasteiger partial charge < -0.3 is 5.32 Å². The molecule has 5 heteroatoms. The summed E-state index contributed by atoms with van der Waals surface area (Å²) < 4.78 is 1.75. The Hall–Kier alpha value is -2.17. The van der Waals surface area contributed by atoms with E-state index < -0.39 is 0 Å². The summed E-state index contributed by atoms with van der Waals surface area (Å²) in [4.78, 5) is 16.3. The molecule has 0 aliphatic heterocycles. The van der Waals surface area contributed by atoms with Crippen molar-refractivity contribution in [2.75, 3.05) is 0 Å². The Morgan fingerprint density at radius 2 is 2.14 bits per heavy atom. The second kappa shape index (κ2) is 6.73. The summed E-state index contributed by atoms with van der Waals surface area (Å²) >= 11 is 0. The van der Waals surface area contributed by atoms with Gasteiger partial charge in [-0.3, -0.25) is 4.79 Å². The van der Waals surface area contributed by atoms with E-state index in [1.54, 1.807) is 11.0 Å². The van der Waals surface area contributed by atoms with Crippen LogP contribution in [0, 0.1) is 5.92 Å². The maximum atomic E-state index is 12.4. The molecule has 0 radical (unpaired) electrons. The lowest BCUT2D eigenvalue weighted by Crippen LogP contribution is -2.37. The normalized spacial score (nSPS) is 21.5. The van der Waals surface area contributed by atoms with Gasteiger partial charge in [0.15, 0.2) is 0 Å². The molecule has 1 aromatic heterocycles. The first-order valence-electron chi connectivity index (χ1n) is 7.93. The summed E-state index contributed by atoms with van der Waals surface area (Å²) in [6.45, 7) is 2.91. The predicted molar refractivity (Wildman–Crippen MR) is 84.5 cm³/mol. The van der Waals surface area contributed by atoms with Crippen molar-refractivity contribution in [1.82, 2.24) is 20.1 Å². The van der Waals surface area contributed by atoms with Crippen LogP contribution < -0.4 is 5.32 Å². The molecule has 116 valence electrons. The maximum Gasteiger partial charge on any atom is 0.251 e. The summed E-state index contributed by atoms with van der Waals surface area (Å²) in [6.07, 6.45) is 7.78. The van der Waals surface area contributed by atoms with E-state index in [9.17, 15) is 4.79 Å². The van der Waals surface area contributed by atoms with Crippen LogP contribution in [0.3, 0.4) is 0 Å². The van der Waals surface area contributed by atoms with Gasteiger partial charge in [-0.05, 0) is 49.3 Å². The van der Waals surface area contributed by atoms with Gasteiger partial charge in [0.25, 0.3) is 5.91 Å². The highest BCUT2D eigenvalue weighted by molar-refractivity contribution is 5.94. The molecule has 0 spiro atoms. The van der Waals surface area contributed by atoms with E-state index in [0.29, 0.717) is 12.6 Å². The number of carbonyl (C=O) groups excluding carboxylic acids is 1. The average Bonchev–Trinajstić information content (AvgIpc) is 3.03. The maximum absolute atomic E-state index is 12.4. The van der Waals surface area contributed by atoms with E-state index in [1.165, 1.54) is 19.2 Å². The highest BCUT2D eigenvalue weighted by Crippen LogP contribution is 2.23. The molecule has 3 rings (SSSR count). The minimum Gasteiger partial charge on any atom is -0.349 e. The monoisotopic (exact) mass is 298 g/mol. The lowest BCUT2D eigenvalue weighted by Gasteiger charge is -2.26. The minimum absolute atomic E-state index is 0.0278. The summed E-state index contributed by atoms with van der Waals surface area (Å²) in [7, 11) is 0. The first-order chi connectivity index (χ1) is 10.7. The number of benzene rings is 1. The van der Waals surface area contributed by atoms with Gasteiger partial charge in [-0.1, -0.05) is 19.1 Å². The Kier molecular flexibility index (Phi) is 4.51. The molecule has 5 nitrogen and oxygen atoms in total. The molecule has 1 aliphatic carbocycles. The first-order valence-corrected chi connectivity index (χ1v) is 7.93. The fourth-order valence-corrected chi connectivity index (χ4v) is 2.99. The Morgan fingerprint density at radius 3 is 2.86 bits per heavy atom. The van der Waals surface area contributed by atoms with Crippen LogP contribution >= 0.6 is 0 Å². The molecule has 1 saturated carbocycles. The molecule has 1 heterocycles. The Labute approximate surface area is 130 Å². The number of hydrogen-bond donors (Lipinski definition) is 1. The zero-order chi connectivity index (χ0) is 15.4. The van der Waals surface area contributed by atoms with Gasteiger partial charge in [-0.2, -0.15) is 5.10 Å². The van der Waals surface area contributed by atoms with Gasteiger partial charge in [-0.25, -0.2) is 9.67 Å². The topological polar surface area (TPSA) is 59.8 Å². The van der Waals surface area contributed by atoms with Gasteiger partial charge in [-0.15, -0.1) is 0 Å². The van der Waals surface area contributed by atoms with Crippen LogP contribution in [0.15, 0.2) is 36.9 Å². The summed E-state index contributed by atoms with van der Waals surface area (Å²) in [6, 6.07) is 8.04. The van der Waals surface area contributed by atoms with Gasteiger partial charge in [0.05, 0.1) is 6.54 Å². The average molecular weight is 298 g/mol. The van der Waals surface area contributed by atoms with E-state index in [-0.39, 0.29) is 5.91 Å². The molecule has 0 unspecified atom stereocenters. The minimum atomic E-state index is 0.0278. The van der Waals surface area contributed by atoms with E-state index >= 15 is 0 Å². The predicted octanol–water partition coefficient (Wildman–Crippen LogP) is 2.63. The molecular weight excluding hydrogens is 276 g/mol. The molecular formula is C17H22N4O. The van der Waals surface area contributed by atoms with Crippen LogP contribution in [-0.2, 0) is 6.54 Å². The van der Waals surface area contributed by atoms with Crippen molar-refractivity contribution < 1.29 is 4.79 Å². The van der Waals surface area contributed by atoms with Gasteiger partial charge in [0.1, 0.15) is 12.7 Å². The van der Waals surface area contributed by atoms with Crippen LogP contribution in [0.4, 0.5) is 0 Å². The molecule has 1 amide bonds. The SMILES string of the molecule is CC1CCC(NC(=O)c2cccc(Cn3cncn3)c2)CC1. The lowest BCUT2D eigenvalue weighted by atomic mass is 9.87. The third-order valence-electron chi connectivity index (χ3n) is 4.35. The van der Waals surface area contributed by atoms with E-state index in [1.807, 2.05) is 24.3 Å². The second-order valence-corrected chi connectivity index (χ2v) is 6.22. The molecule has 2 aromatic rings.